The molecule has 0 bridgehead atoms. The highest BCUT2D eigenvalue weighted by Crippen LogP contribution is 2.24. The molecule has 0 amide bonds. The lowest BCUT2D eigenvalue weighted by Crippen LogP contribution is -2.35. The summed E-state index contributed by atoms with van der Waals surface area (Å²) in [6, 6.07) is 0.0377. The van der Waals surface area contributed by atoms with E-state index in [1.165, 1.54) is 6.42 Å². The van der Waals surface area contributed by atoms with Crippen LogP contribution in [0.1, 0.15) is 44.6 Å². The van der Waals surface area contributed by atoms with Gasteiger partial charge in [-0.05, 0) is 32.2 Å². The molecule has 1 aromatic heterocycles. The molecule has 1 heterocycles. The van der Waals surface area contributed by atoms with Gasteiger partial charge in [-0.1, -0.05) is 19.8 Å². The van der Waals surface area contributed by atoms with Crippen molar-refractivity contribution < 1.29 is 8.42 Å². The fourth-order valence-electron chi connectivity index (χ4n) is 2.73. The molecule has 0 aliphatic heterocycles. The number of aromatic nitrogens is 2. The molecule has 3 N–H and O–H groups in total. The van der Waals surface area contributed by atoms with Crippen molar-refractivity contribution >= 4 is 10.0 Å². The Morgan fingerprint density at radius 1 is 1.35 bits per heavy atom. The molecule has 1 aliphatic carbocycles. The van der Waals surface area contributed by atoms with Gasteiger partial charge in [0.1, 0.15) is 0 Å². The number of H-pyrrole nitrogens is 1. The summed E-state index contributed by atoms with van der Waals surface area (Å²) in [5, 5.41) is 9.59. The highest BCUT2D eigenvalue weighted by molar-refractivity contribution is 7.89. The number of nitrogens with one attached hydrogen (secondary N) is 3. The molecule has 0 saturated heterocycles. The van der Waals surface area contributed by atoms with E-state index in [1.54, 1.807) is 13.2 Å². The number of hydrogen-bond acceptors (Lipinski definition) is 4. The van der Waals surface area contributed by atoms with Crippen molar-refractivity contribution in [3.05, 3.63) is 11.8 Å². The lowest BCUT2D eigenvalue weighted by Gasteiger charge is -2.16. The Morgan fingerprint density at radius 2 is 2.15 bits per heavy atom. The molecule has 0 aromatic carbocycles. The van der Waals surface area contributed by atoms with Crippen molar-refractivity contribution in [3.8, 4) is 0 Å². The van der Waals surface area contributed by atoms with E-state index in [-0.39, 0.29) is 11.1 Å². The van der Waals surface area contributed by atoms with Crippen molar-refractivity contribution in [1.82, 2.24) is 20.2 Å². The van der Waals surface area contributed by atoms with Gasteiger partial charge >= 0.3 is 0 Å². The van der Waals surface area contributed by atoms with Gasteiger partial charge < -0.3 is 5.32 Å². The number of sulfonamides is 1. The number of nitrogens with zero attached hydrogens (tertiary/aromatic N) is 1. The molecule has 20 heavy (non-hydrogen) atoms. The summed E-state index contributed by atoms with van der Waals surface area (Å²) in [6.07, 6.45) is 6.74. The molecule has 0 spiro atoms. The zero-order valence-corrected chi connectivity index (χ0v) is 13.0. The summed E-state index contributed by atoms with van der Waals surface area (Å²) in [6.45, 7) is 2.71. The molecule has 2 unspecified atom stereocenters. The van der Waals surface area contributed by atoms with E-state index in [0.29, 0.717) is 18.0 Å². The van der Waals surface area contributed by atoms with E-state index in [4.69, 9.17) is 0 Å². The first-order valence-corrected chi connectivity index (χ1v) is 8.70. The Balaban J connectivity index is 2.08. The predicted molar refractivity (Wildman–Crippen MR) is 77.7 cm³/mol. The highest BCUT2D eigenvalue weighted by atomic mass is 32.2. The van der Waals surface area contributed by atoms with Crippen LogP contribution in [0.3, 0.4) is 0 Å². The average molecular weight is 300 g/mol. The minimum atomic E-state index is -3.51. The molecular weight excluding hydrogens is 276 g/mol. The molecule has 1 saturated carbocycles. The Labute approximate surface area is 120 Å². The molecule has 2 rings (SSSR count). The summed E-state index contributed by atoms with van der Waals surface area (Å²) in [5.74, 6) is 0.691. The van der Waals surface area contributed by atoms with Crippen molar-refractivity contribution in [1.29, 1.82) is 0 Å². The Kier molecular flexibility index (Phi) is 5.17. The third-order valence-corrected chi connectivity index (χ3v) is 5.43. The molecule has 1 fully saturated rings. The standard InChI is InChI=1S/C13H24N4O2S/c1-10-4-3-5-12(7-6-10)17-20(18,19)13-11(8-14-2)9-15-16-13/h9-10,12,14,17H,3-8H2,1-2H3,(H,15,16). The van der Waals surface area contributed by atoms with Gasteiger partial charge in [0.2, 0.25) is 0 Å². The minimum absolute atomic E-state index is 0.0377. The lowest BCUT2D eigenvalue weighted by molar-refractivity contribution is 0.483. The van der Waals surface area contributed by atoms with E-state index in [9.17, 15) is 8.42 Å². The van der Waals surface area contributed by atoms with Crippen molar-refractivity contribution in [2.45, 2.75) is 56.6 Å². The summed E-state index contributed by atoms with van der Waals surface area (Å²) in [5.41, 5.74) is 0.669. The van der Waals surface area contributed by atoms with Gasteiger partial charge in [0.25, 0.3) is 10.0 Å². The van der Waals surface area contributed by atoms with Crippen LogP contribution >= 0.6 is 0 Å². The van der Waals surface area contributed by atoms with Crippen LogP contribution in [0.15, 0.2) is 11.2 Å². The number of aromatic amines is 1. The summed E-state index contributed by atoms with van der Waals surface area (Å²) in [7, 11) is -1.73. The zero-order valence-electron chi connectivity index (χ0n) is 12.1. The normalized spacial score (nSPS) is 24.5. The number of rotatable bonds is 5. The van der Waals surface area contributed by atoms with Gasteiger partial charge in [0.05, 0.1) is 6.20 Å². The van der Waals surface area contributed by atoms with Gasteiger partial charge in [0, 0.05) is 18.2 Å². The largest absolute Gasteiger partial charge is 0.316 e. The summed E-state index contributed by atoms with van der Waals surface area (Å²) < 4.78 is 27.7. The Hall–Kier alpha value is -0.920. The maximum atomic E-state index is 12.4. The third-order valence-electron chi connectivity index (χ3n) is 3.89. The second kappa shape index (κ2) is 6.69. The van der Waals surface area contributed by atoms with Gasteiger partial charge in [-0.15, -0.1) is 0 Å². The topological polar surface area (TPSA) is 86.9 Å². The zero-order chi connectivity index (χ0) is 14.6. The lowest BCUT2D eigenvalue weighted by atomic mass is 10.0. The second-order valence-electron chi connectivity index (χ2n) is 5.69. The molecule has 6 nitrogen and oxygen atoms in total. The molecule has 114 valence electrons. The van der Waals surface area contributed by atoms with Crippen molar-refractivity contribution in [3.63, 3.8) is 0 Å². The third kappa shape index (κ3) is 3.80. The molecule has 2 atom stereocenters. The molecule has 1 aliphatic rings. The van der Waals surface area contributed by atoms with Crippen LogP contribution in [0.4, 0.5) is 0 Å². The van der Waals surface area contributed by atoms with E-state index < -0.39 is 10.0 Å². The van der Waals surface area contributed by atoms with E-state index in [0.717, 1.165) is 25.7 Å². The van der Waals surface area contributed by atoms with E-state index >= 15 is 0 Å². The Morgan fingerprint density at radius 3 is 2.90 bits per heavy atom. The molecule has 7 heteroatoms. The van der Waals surface area contributed by atoms with Crippen LogP contribution in [0, 0.1) is 5.92 Å². The van der Waals surface area contributed by atoms with Crippen molar-refractivity contribution in [2.24, 2.45) is 5.92 Å². The van der Waals surface area contributed by atoms with Crippen LogP contribution in [-0.4, -0.2) is 31.7 Å². The maximum absolute atomic E-state index is 12.4. The van der Waals surface area contributed by atoms with Gasteiger partial charge in [-0.2, -0.15) is 5.10 Å². The monoisotopic (exact) mass is 300 g/mol. The first-order chi connectivity index (χ1) is 9.53. The summed E-state index contributed by atoms with van der Waals surface area (Å²) >= 11 is 0. The number of hydrogen-bond donors (Lipinski definition) is 3. The average Bonchev–Trinajstić information content (AvgIpc) is 2.76. The van der Waals surface area contributed by atoms with E-state index in [1.807, 2.05) is 0 Å². The van der Waals surface area contributed by atoms with Gasteiger partial charge in [-0.3, -0.25) is 5.10 Å². The smallest absolute Gasteiger partial charge is 0.258 e. The van der Waals surface area contributed by atoms with Crippen molar-refractivity contribution in [2.75, 3.05) is 7.05 Å². The van der Waals surface area contributed by atoms with Crippen LogP contribution in [0.25, 0.3) is 0 Å². The Bertz CT molecular complexity index is 526. The molecule has 1 aromatic rings. The van der Waals surface area contributed by atoms with Gasteiger partial charge in [0.15, 0.2) is 5.03 Å². The first-order valence-electron chi connectivity index (χ1n) is 7.22. The SMILES string of the molecule is CNCc1cn[nH]c1S(=O)(=O)NC1CCCC(C)CC1. The molecular formula is C13H24N4O2S. The maximum Gasteiger partial charge on any atom is 0.258 e. The predicted octanol–water partition coefficient (Wildman–Crippen LogP) is 1.38. The fraction of sp³-hybridized carbons (Fsp3) is 0.769. The van der Waals surface area contributed by atoms with Gasteiger partial charge in [-0.25, -0.2) is 13.1 Å². The minimum Gasteiger partial charge on any atom is -0.316 e. The van der Waals surface area contributed by atoms with Crippen LogP contribution in [0.2, 0.25) is 0 Å². The fourth-order valence-corrected chi connectivity index (χ4v) is 4.17. The second-order valence-corrected chi connectivity index (χ2v) is 7.34. The van der Waals surface area contributed by atoms with Crippen LogP contribution in [0.5, 0.6) is 0 Å². The summed E-state index contributed by atoms with van der Waals surface area (Å²) in [4.78, 5) is 0. The first kappa shape index (κ1) is 15.5. The van der Waals surface area contributed by atoms with E-state index in [2.05, 4.69) is 27.2 Å². The highest BCUT2D eigenvalue weighted by Gasteiger charge is 2.25. The van der Waals surface area contributed by atoms with Crippen LogP contribution < -0.4 is 10.0 Å². The quantitative estimate of drug-likeness (QED) is 0.717. The molecule has 0 radical (unpaired) electrons. The van der Waals surface area contributed by atoms with Crippen LogP contribution in [-0.2, 0) is 16.6 Å².